The zero-order chi connectivity index (χ0) is 17.6. The van der Waals surface area contributed by atoms with Gasteiger partial charge in [0, 0.05) is 5.75 Å². The molecule has 2 aromatic carbocycles. The van der Waals surface area contributed by atoms with Gasteiger partial charge < -0.3 is 4.74 Å². The van der Waals surface area contributed by atoms with Crippen LogP contribution in [-0.2, 0) is 4.79 Å². The molecular formula is C18H19N3O2S2. The van der Waals surface area contributed by atoms with Crippen LogP contribution in [0.15, 0.2) is 46.8 Å². The van der Waals surface area contributed by atoms with Crippen LogP contribution in [0.2, 0.25) is 0 Å². The quantitative estimate of drug-likeness (QED) is 0.484. The number of nitrogens with one attached hydrogen (secondary N) is 1. The van der Waals surface area contributed by atoms with Crippen LogP contribution < -0.4 is 10.1 Å². The van der Waals surface area contributed by atoms with Crippen LogP contribution in [0.4, 0.5) is 5.13 Å². The molecule has 1 N–H and O–H groups in total. The molecule has 3 rings (SSSR count). The monoisotopic (exact) mass is 373 g/mol. The number of rotatable bonds is 7. The van der Waals surface area contributed by atoms with E-state index in [9.17, 15) is 4.79 Å². The maximum Gasteiger partial charge on any atom is 0.266 e. The standard InChI is InChI=1S/C18H19N3O2S2/c1-3-10-24-18-21-20-17(25-18)19-16(22)12(2)23-15-9-8-13-6-4-5-7-14(13)11-15/h4-9,11-12H,3,10H2,1-2H3,(H,19,20,22). The fourth-order valence-corrected chi connectivity index (χ4v) is 3.89. The Morgan fingerprint density at radius 1 is 1.24 bits per heavy atom. The largest absolute Gasteiger partial charge is 0.481 e. The zero-order valence-corrected chi connectivity index (χ0v) is 15.7. The molecule has 0 aliphatic carbocycles. The Balaban J connectivity index is 1.60. The third kappa shape index (κ3) is 4.70. The van der Waals surface area contributed by atoms with E-state index in [1.807, 2.05) is 42.5 Å². The molecule has 0 saturated heterocycles. The fourth-order valence-electron chi connectivity index (χ4n) is 2.21. The lowest BCUT2D eigenvalue weighted by Gasteiger charge is -2.14. The maximum atomic E-state index is 12.3. The number of hydrogen-bond acceptors (Lipinski definition) is 6. The number of fused-ring (bicyclic) bond motifs is 1. The minimum Gasteiger partial charge on any atom is -0.481 e. The number of hydrogen-bond donors (Lipinski definition) is 1. The molecule has 0 bridgehead atoms. The fraction of sp³-hybridized carbons (Fsp3) is 0.278. The Labute approximate surface area is 154 Å². The summed E-state index contributed by atoms with van der Waals surface area (Å²) < 4.78 is 6.63. The van der Waals surface area contributed by atoms with E-state index >= 15 is 0 Å². The Morgan fingerprint density at radius 3 is 2.84 bits per heavy atom. The van der Waals surface area contributed by atoms with Crippen molar-refractivity contribution in [2.75, 3.05) is 11.1 Å². The van der Waals surface area contributed by atoms with Crippen molar-refractivity contribution >= 4 is 44.9 Å². The third-order valence-corrected chi connectivity index (χ3v) is 5.65. The highest BCUT2D eigenvalue weighted by molar-refractivity contribution is 8.01. The second-order valence-electron chi connectivity index (χ2n) is 5.48. The summed E-state index contributed by atoms with van der Waals surface area (Å²) in [5.41, 5.74) is 0. The number of amides is 1. The first kappa shape index (κ1) is 17.7. The summed E-state index contributed by atoms with van der Waals surface area (Å²) in [6, 6.07) is 13.8. The van der Waals surface area contributed by atoms with Crippen LogP contribution in [0.1, 0.15) is 20.3 Å². The van der Waals surface area contributed by atoms with Gasteiger partial charge in [-0.2, -0.15) is 0 Å². The van der Waals surface area contributed by atoms with Gasteiger partial charge in [-0.1, -0.05) is 60.4 Å². The Bertz CT molecular complexity index is 866. The van der Waals surface area contributed by atoms with Gasteiger partial charge in [0.2, 0.25) is 5.13 Å². The predicted octanol–water partition coefficient (Wildman–Crippen LogP) is 4.60. The van der Waals surface area contributed by atoms with E-state index in [4.69, 9.17) is 4.74 Å². The van der Waals surface area contributed by atoms with Gasteiger partial charge in [0.1, 0.15) is 5.75 Å². The summed E-state index contributed by atoms with van der Waals surface area (Å²) in [6.45, 7) is 3.83. The van der Waals surface area contributed by atoms with E-state index < -0.39 is 6.10 Å². The van der Waals surface area contributed by atoms with Crippen molar-refractivity contribution in [3.63, 3.8) is 0 Å². The molecule has 1 aromatic heterocycles. The van der Waals surface area contributed by atoms with Crippen molar-refractivity contribution in [1.82, 2.24) is 10.2 Å². The highest BCUT2D eigenvalue weighted by Crippen LogP contribution is 2.26. The molecule has 0 aliphatic rings. The summed E-state index contributed by atoms with van der Waals surface area (Å²) in [6.07, 6.45) is 0.444. The number of aromatic nitrogens is 2. The highest BCUT2D eigenvalue weighted by Gasteiger charge is 2.17. The van der Waals surface area contributed by atoms with Crippen LogP contribution in [0.5, 0.6) is 5.75 Å². The second kappa shape index (κ2) is 8.31. The van der Waals surface area contributed by atoms with Crippen molar-refractivity contribution in [2.45, 2.75) is 30.7 Å². The van der Waals surface area contributed by atoms with Crippen LogP contribution in [0.3, 0.4) is 0 Å². The number of carbonyl (C=O) groups is 1. The van der Waals surface area contributed by atoms with Crippen molar-refractivity contribution in [1.29, 1.82) is 0 Å². The maximum absolute atomic E-state index is 12.3. The van der Waals surface area contributed by atoms with E-state index in [0.717, 1.165) is 27.3 Å². The van der Waals surface area contributed by atoms with Gasteiger partial charge in [0.25, 0.3) is 5.91 Å². The molecule has 7 heteroatoms. The van der Waals surface area contributed by atoms with Crippen molar-refractivity contribution < 1.29 is 9.53 Å². The molecule has 3 aromatic rings. The highest BCUT2D eigenvalue weighted by atomic mass is 32.2. The lowest BCUT2D eigenvalue weighted by atomic mass is 10.1. The zero-order valence-electron chi connectivity index (χ0n) is 14.1. The van der Waals surface area contributed by atoms with Gasteiger partial charge in [-0.25, -0.2) is 0 Å². The molecular weight excluding hydrogens is 354 g/mol. The predicted molar refractivity (Wildman–Crippen MR) is 104 cm³/mol. The normalized spacial score (nSPS) is 12.1. The average Bonchev–Trinajstić information content (AvgIpc) is 3.07. The molecule has 0 radical (unpaired) electrons. The molecule has 25 heavy (non-hydrogen) atoms. The van der Waals surface area contributed by atoms with Gasteiger partial charge in [0.15, 0.2) is 10.4 Å². The summed E-state index contributed by atoms with van der Waals surface area (Å²) in [4.78, 5) is 12.3. The van der Waals surface area contributed by atoms with Gasteiger partial charge in [0.05, 0.1) is 0 Å². The summed E-state index contributed by atoms with van der Waals surface area (Å²) >= 11 is 3.02. The molecule has 5 nitrogen and oxygen atoms in total. The molecule has 1 heterocycles. The first-order valence-electron chi connectivity index (χ1n) is 8.08. The molecule has 130 valence electrons. The van der Waals surface area contributed by atoms with E-state index in [-0.39, 0.29) is 5.91 Å². The Morgan fingerprint density at radius 2 is 2.04 bits per heavy atom. The first-order valence-corrected chi connectivity index (χ1v) is 9.88. The van der Waals surface area contributed by atoms with Crippen LogP contribution >= 0.6 is 23.1 Å². The molecule has 1 unspecified atom stereocenters. The molecule has 0 saturated carbocycles. The van der Waals surface area contributed by atoms with Gasteiger partial charge in [-0.3, -0.25) is 10.1 Å². The molecule has 0 aliphatic heterocycles. The van der Waals surface area contributed by atoms with Gasteiger partial charge in [-0.05, 0) is 36.2 Å². The molecule has 0 spiro atoms. The Hall–Kier alpha value is -2.12. The van der Waals surface area contributed by atoms with E-state index in [0.29, 0.717) is 10.9 Å². The number of thioether (sulfide) groups is 1. The van der Waals surface area contributed by atoms with Crippen molar-refractivity contribution in [2.24, 2.45) is 0 Å². The number of nitrogens with zero attached hydrogens (tertiary/aromatic N) is 2. The van der Waals surface area contributed by atoms with Crippen molar-refractivity contribution in [3.8, 4) is 5.75 Å². The summed E-state index contributed by atoms with van der Waals surface area (Å²) in [7, 11) is 0. The molecule has 1 atom stereocenters. The topological polar surface area (TPSA) is 64.1 Å². The SMILES string of the molecule is CCCSc1nnc(NC(=O)C(C)Oc2ccc3ccccc3c2)s1. The first-order chi connectivity index (χ1) is 12.2. The van der Waals surface area contributed by atoms with Gasteiger partial charge >= 0.3 is 0 Å². The Kier molecular flexibility index (Phi) is 5.88. The van der Waals surface area contributed by atoms with Crippen molar-refractivity contribution in [3.05, 3.63) is 42.5 Å². The van der Waals surface area contributed by atoms with E-state index in [1.54, 1.807) is 18.7 Å². The smallest absolute Gasteiger partial charge is 0.266 e. The minimum atomic E-state index is -0.628. The van der Waals surface area contributed by atoms with Gasteiger partial charge in [-0.15, -0.1) is 10.2 Å². The number of anilines is 1. The average molecular weight is 374 g/mol. The molecule has 0 fully saturated rings. The number of benzene rings is 2. The lowest BCUT2D eigenvalue weighted by Crippen LogP contribution is -2.30. The van der Waals surface area contributed by atoms with Crippen LogP contribution in [-0.4, -0.2) is 28.0 Å². The van der Waals surface area contributed by atoms with Crippen LogP contribution in [0.25, 0.3) is 10.8 Å². The third-order valence-electron chi connectivity index (χ3n) is 3.47. The van der Waals surface area contributed by atoms with E-state index in [2.05, 4.69) is 22.4 Å². The summed E-state index contributed by atoms with van der Waals surface area (Å²) in [5.74, 6) is 1.42. The number of carbonyl (C=O) groups excluding carboxylic acids is 1. The molecule has 1 amide bonds. The van der Waals surface area contributed by atoms with E-state index in [1.165, 1.54) is 11.3 Å². The summed E-state index contributed by atoms with van der Waals surface area (Å²) in [5, 5.41) is 13.5. The minimum absolute atomic E-state index is 0.239. The number of ether oxygens (including phenoxy) is 1. The van der Waals surface area contributed by atoms with Crippen LogP contribution in [0, 0.1) is 0 Å². The lowest BCUT2D eigenvalue weighted by molar-refractivity contribution is -0.122. The second-order valence-corrected chi connectivity index (χ2v) is 7.80.